The van der Waals surface area contributed by atoms with Gasteiger partial charge in [0.05, 0.1) is 16.6 Å². The molecule has 1 fully saturated rings. The number of halogens is 1. The standard InChI is InChI=1S/C26H27IO5/c1-30-25-22(27)24(29)23(28)21(32-25)17-31-26(18-11-5-2-6-12-18,19-13-7-3-8-14-19)20-15-9-4-10-16-20/h2-16,21-25,28-29H,17H2,1H3/t21-,22+,23-,24-,25+/m0/s1. The van der Waals surface area contributed by atoms with Crippen molar-refractivity contribution in [1.82, 2.24) is 0 Å². The predicted octanol–water partition coefficient (Wildman–Crippen LogP) is 3.89. The second-order valence-corrected chi connectivity index (χ2v) is 9.23. The van der Waals surface area contributed by atoms with Gasteiger partial charge in [0.2, 0.25) is 0 Å². The lowest BCUT2D eigenvalue weighted by molar-refractivity contribution is -0.249. The third kappa shape index (κ3) is 4.48. The van der Waals surface area contributed by atoms with Crippen LogP contribution in [0.15, 0.2) is 91.0 Å². The maximum Gasteiger partial charge on any atom is 0.172 e. The summed E-state index contributed by atoms with van der Waals surface area (Å²) in [6, 6.07) is 30.0. The Kier molecular flexibility index (Phi) is 7.60. The number of benzene rings is 3. The highest BCUT2D eigenvalue weighted by Gasteiger charge is 2.45. The molecule has 3 aromatic rings. The Bertz CT molecular complexity index is 871. The molecule has 0 unspecified atom stereocenters. The predicted molar refractivity (Wildman–Crippen MR) is 131 cm³/mol. The molecule has 6 heteroatoms. The molecule has 0 bridgehead atoms. The quantitative estimate of drug-likeness (QED) is 0.268. The van der Waals surface area contributed by atoms with Crippen molar-refractivity contribution in [3.05, 3.63) is 108 Å². The molecular weight excluding hydrogens is 519 g/mol. The number of hydrogen-bond donors (Lipinski definition) is 2. The smallest absolute Gasteiger partial charge is 0.172 e. The van der Waals surface area contributed by atoms with E-state index in [0.29, 0.717) is 0 Å². The topological polar surface area (TPSA) is 68.2 Å². The van der Waals surface area contributed by atoms with Gasteiger partial charge in [0.15, 0.2) is 6.29 Å². The molecule has 0 saturated carbocycles. The monoisotopic (exact) mass is 546 g/mol. The summed E-state index contributed by atoms with van der Waals surface area (Å²) in [5, 5.41) is 21.2. The number of hydrogen-bond acceptors (Lipinski definition) is 5. The highest BCUT2D eigenvalue weighted by molar-refractivity contribution is 14.1. The summed E-state index contributed by atoms with van der Waals surface area (Å²) in [5.41, 5.74) is 1.94. The first-order chi connectivity index (χ1) is 15.6. The van der Waals surface area contributed by atoms with Crippen LogP contribution in [0.1, 0.15) is 16.7 Å². The normalized spacial score (nSPS) is 26.1. The number of rotatable bonds is 7. The van der Waals surface area contributed by atoms with Crippen molar-refractivity contribution >= 4 is 22.6 Å². The van der Waals surface area contributed by atoms with E-state index < -0.39 is 30.2 Å². The molecule has 1 aliphatic rings. The summed E-state index contributed by atoms with van der Waals surface area (Å²) in [7, 11) is 1.53. The van der Waals surface area contributed by atoms with Crippen LogP contribution in [0.3, 0.4) is 0 Å². The Hall–Kier alpha value is -1.81. The van der Waals surface area contributed by atoms with E-state index in [0.717, 1.165) is 16.7 Å². The van der Waals surface area contributed by atoms with Crippen LogP contribution in [0.5, 0.6) is 0 Å². The van der Waals surface area contributed by atoms with Gasteiger partial charge in [-0.25, -0.2) is 0 Å². The highest BCUT2D eigenvalue weighted by Crippen LogP contribution is 2.41. The van der Waals surface area contributed by atoms with E-state index in [1.54, 1.807) is 0 Å². The highest BCUT2D eigenvalue weighted by atomic mass is 127. The van der Waals surface area contributed by atoms with Gasteiger partial charge in [-0.1, -0.05) is 114 Å². The second kappa shape index (κ2) is 10.4. The zero-order valence-corrected chi connectivity index (χ0v) is 19.9. The van der Waals surface area contributed by atoms with E-state index in [-0.39, 0.29) is 10.5 Å². The first kappa shape index (κ1) is 23.4. The summed E-state index contributed by atoms with van der Waals surface area (Å²) in [6.07, 6.45) is -3.47. The van der Waals surface area contributed by atoms with E-state index in [1.807, 2.05) is 114 Å². The molecule has 0 aliphatic carbocycles. The molecule has 1 saturated heterocycles. The van der Waals surface area contributed by atoms with E-state index in [9.17, 15) is 10.2 Å². The SMILES string of the molecule is CO[C@@H]1O[C@@H](COC(c2ccccc2)(c2ccccc2)c2ccccc2)[C@H](O)[C@@H](O)[C@H]1I. The minimum atomic E-state index is -1.09. The van der Waals surface area contributed by atoms with Gasteiger partial charge >= 0.3 is 0 Å². The largest absolute Gasteiger partial charge is 0.389 e. The number of methoxy groups -OCH3 is 1. The third-order valence-corrected chi connectivity index (χ3v) is 7.19. The minimum Gasteiger partial charge on any atom is -0.389 e. The summed E-state index contributed by atoms with van der Waals surface area (Å²) < 4.78 is 17.7. The first-order valence-electron chi connectivity index (χ1n) is 10.6. The van der Waals surface area contributed by atoms with E-state index >= 15 is 0 Å². The number of ether oxygens (including phenoxy) is 3. The fourth-order valence-corrected chi connectivity index (χ4v) is 5.08. The van der Waals surface area contributed by atoms with Crippen LogP contribution in [0, 0.1) is 0 Å². The van der Waals surface area contributed by atoms with Crippen molar-refractivity contribution < 1.29 is 24.4 Å². The van der Waals surface area contributed by atoms with Crippen molar-refractivity contribution in [2.75, 3.05) is 13.7 Å². The van der Waals surface area contributed by atoms with Gasteiger partial charge in [-0.3, -0.25) is 0 Å². The van der Waals surface area contributed by atoms with Crippen molar-refractivity contribution in [3.8, 4) is 0 Å². The molecule has 0 spiro atoms. The zero-order chi connectivity index (χ0) is 22.6. The Labute approximate surface area is 202 Å². The first-order valence-corrected chi connectivity index (χ1v) is 11.8. The lowest BCUT2D eigenvalue weighted by Crippen LogP contribution is -2.57. The van der Waals surface area contributed by atoms with E-state index in [2.05, 4.69) is 0 Å². The van der Waals surface area contributed by atoms with Gasteiger partial charge in [0.1, 0.15) is 17.8 Å². The molecule has 2 N–H and O–H groups in total. The molecule has 32 heavy (non-hydrogen) atoms. The molecule has 1 aliphatic heterocycles. The average Bonchev–Trinajstić information content (AvgIpc) is 2.86. The molecule has 4 rings (SSSR count). The molecule has 0 radical (unpaired) electrons. The van der Waals surface area contributed by atoms with Crippen LogP contribution >= 0.6 is 22.6 Å². The van der Waals surface area contributed by atoms with Gasteiger partial charge in [0, 0.05) is 7.11 Å². The lowest BCUT2D eigenvalue weighted by atomic mass is 9.80. The lowest BCUT2D eigenvalue weighted by Gasteiger charge is -2.42. The molecule has 5 nitrogen and oxygen atoms in total. The number of aliphatic hydroxyl groups excluding tert-OH is 2. The summed E-state index contributed by atoms with van der Waals surface area (Å²) in [6.45, 7) is 0.0557. The zero-order valence-electron chi connectivity index (χ0n) is 17.8. The summed E-state index contributed by atoms with van der Waals surface area (Å²) in [5.74, 6) is 0. The molecule has 168 valence electrons. The van der Waals surface area contributed by atoms with Gasteiger partial charge in [-0.15, -0.1) is 0 Å². The number of aliphatic hydroxyl groups is 2. The summed E-state index contributed by atoms with van der Waals surface area (Å²) in [4.78, 5) is 0. The fourth-order valence-electron chi connectivity index (χ4n) is 4.20. The van der Waals surface area contributed by atoms with Crippen LogP contribution in [-0.4, -0.2) is 52.5 Å². The summed E-state index contributed by atoms with van der Waals surface area (Å²) >= 11 is 2.04. The fraction of sp³-hybridized carbons (Fsp3) is 0.308. The molecular formula is C26H27IO5. The molecule has 1 heterocycles. The van der Waals surface area contributed by atoms with Crippen molar-refractivity contribution in [2.24, 2.45) is 0 Å². The number of alkyl halides is 1. The van der Waals surface area contributed by atoms with Crippen LogP contribution < -0.4 is 0 Å². The van der Waals surface area contributed by atoms with Crippen LogP contribution in [0.4, 0.5) is 0 Å². The maximum absolute atomic E-state index is 10.7. The van der Waals surface area contributed by atoms with E-state index in [4.69, 9.17) is 14.2 Å². The van der Waals surface area contributed by atoms with Crippen molar-refractivity contribution in [1.29, 1.82) is 0 Å². The molecule has 0 amide bonds. The van der Waals surface area contributed by atoms with Crippen molar-refractivity contribution in [3.63, 3.8) is 0 Å². The Balaban J connectivity index is 1.77. The third-order valence-electron chi connectivity index (χ3n) is 5.86. The average molecular weight is 546 g/mol. The minimum absolute atomic E-state index is 0.0557. The van der Waals surface area contributed by atoms with Gasteiger partial charge in [0.25, 0.3) is 0 Å². The van der Waals surface area contributed by atoms with Gasteiger partial charge < -0.3 is 24.4 Å². The maximum atomic E-state index is 10.7. The van der Waals surface area contributed by atoms with E-state index in [1.165, 1.54) is 7.11 Å². The Morgan fingerprint density at radius 1 is 0.781 bits per heavy atom. The van der Waals surface area contributed by atoms with Gasteiger partial charge in [-0.2, -0.15) is 0 Å². The van der Waals surface area contributed by atoms with Crippen molar-refractivity contribution in [2.45, 2.75) is 34.1 Å². The molecule has 5 atom stereocenters. The van der Waals surface area contributed by atoms with Crippen LogP contribution in [0.2, 0.25) is 0 Å². The van der Waals surface area contributed by atoms with Gasteiger partial charge in [-0.05, 0) is 16.7 Å². The van der Waals surface area contributed by atoms with Crippen LogP contribution in [-0.2, 0) is 19.8 Å². The van der Waals surface area contributed by atoms with Crippen LogP contribution in [0.25, 0.3) is 0 Å². The second-order valence-electron chi connectivity index (χ2n) is 7.79. The molecule has 0 aromatic heterocycles. The Morgan fingerprint density at radius 3 is 1.62 bits per heavy atom. The Morgan fingerprint density at radius 2 is 1.22 bits per heavy atom. The molecule has 3 aromatic carbocycles.